The quantitative estimate of drug-likeness (QED) is 0.0287. The van der Waals surface area contributed by atoms with Crippen molar-refractivity contribution in [2.24, 2.45) is 53.1 Å². The molecule has 0 spiro atoms. The number of phenolic OH excluding ortho intramolecular Hbond substituents is 3. The van der Waals surface area contributed by atoms with E-state index in [-0.39, 0.29) is 103 Å². The minimum Gasteiger partial charge on any atom is -0.508 e. The first kappa shape index (κ1) is 92.3. The van der Waals surface area contributed by atoms with Crippen LogP contribution in [-0.4, -0.2) is 192 Å². The van der Waals surface area contributed by atoms with Gasteiger partial charge in [0.2, 0.25) is 47.5 Å². The number of aliphatic hydroxyl groups is 6. The van der Waals surface area contributed by atoms with Gasteiger partial charge in [0.25, 0.3) is 0 Å². The van der Waals surface area contributed by atoms with Crippen LogP contribution in [0.15, 0.2) is 103 Å². The molecule has 6 aromatic carbocycles. The molecule has 2 saturated heterocycles. The van der Waals surface area contributed by atoms with E-state index >= 15 is 28.8 Å². The Kier molecular flexibility index (Phi) is 28.5. The van der Waals surface area contributed by atoms with Gasteiger partial charge in [0.05, 0.1) is 47.1 Å². The Morgan fingerprint density at radius 1 is 0.683 bits per heavy atom. The average Bonchev–Trinajstić information content (AvgIpc) is 0.744. The lowest BCUT2D eigenvalue weighted by Gasteiger charge is -2.54. The topological polar surface area (TPSA) is 499 Å². The molecule has 17 rings (SSSR count). The van der Waals surface area contributed by atoms with Crippen molar-refractivity contribution in [1.29, 1.82) is 0 Å². The number of Topliss-reactive ketones (excluding diaryl/α,β-unsaturated/α-hetero) is 3. The Balaban J connectivity index is 0.951. The zero-order valence-electron chi connectivity index (χ0n) is 70.5. The number of amides is 6. The van der Waals surface area contributed by atoms with Crippen molar-refractivity contribution in [3.05, 3.63) is 147 Å². The molecule has 126 heavy (non-hydrogen) atoms. The first-order chi connectivity index (χ1) is 60.0. The second kappa shape index (κ2) is 39.0. The molecular formula is C92H109Cl2N7O25. The van der Waals surface area contributed by atoms with Gasteiger partial charge in [-0.2, -0.15) is 0 Å². The van der Waals surface area contributed by atoms with Crippen LogP contribution in [0.2, 0.25) is 10.0 Å². The SMILES string of the molecule is CCNCCOc1ccc(CC(=O)NC(=O)C[C@@H]2CC(=O)[C@H](NC(=O)[C@H](CC)CC(C)C)[C@H](O)c3ccc(c(Cl)c3)Oc3cc4cc(c3O[C@@H]3O[C@H](CO)[C@@H](O)[C@H](O)[C@H]3O[C@H]3C[C@](C)(N)[C@H](O)[C@H](C)O3)Oc3ccc(cc3Cl)[C@@H](O)[C@@H]3NC(=O)[C@H](CC(=O)[C@@H]4NC2=O)c2ccc(O)c(c2)-c2c(O)cc(O)cc2[C@@H](C(=O)CC2C4CC5CC(C4)CC2C5)NC3=O)cc1. The van der Waals surface area contributed by atoms with Crippen LogP contribution in [0, 0.1) is 47.3 Å². The summed E-state index contributed by atoms with van der Waals surface area (Å²) in [5.74, 6) is -16.5. The number of carbonyl (C=O) groups is 9. The van der Waals surface area contributed by atoms with Gasteiger partial charge in [-0.25, -0.2) is 0 Å². The van der Waals surface area contributed by atoms with E-state index < -0.39 is 228 Å². The van der Waals surface area contributed by atoms with Crippen LogP contribution in [-0.2, 0) is 63.8 Å². The molecular weight excluding hydrogens is 1670 g/mol. The molecule has 32 nitrogen and oxygen atoms in total. The van der Waals surface area contributed by atoms with Crippen LogP contribution in [0.25, 0.3) is 11.1 Å². The van der Waals surface area contributed by atoms with Crippen LogP contribution < -0.4 is 56.6 Å². The van der Waals surface area contributed by atoms with Crippen molar-refractivity contribution in [1.82, 2.24) is 31.9 Å². The van der Waals surface area contributed by atoms with Gasteiger partial charge in [0.15, 0.2) is 41.2 Å². The minimum absolute atomic E-state index is 0.0513. The first-order valence-corrected chi connectivity index (χ1v) is 43.8. The number of carbonyl (C=O) groups excluding carboxylic acids is 9. The summed E-state index contributed by atoms with van der Waals surface area (Å²) in [7, 11) is 0. The Morgan fingerprint density at radius 3 is 1.95 bits per heavy atom. The number of nitrogens with one attached hydrogen (secondary N) is 6. The zero-order valence-corrected chi connectivity index (χ0v) is 72.0. The second-order valence-electron chi connectivity index (χ2n) is 35.5. The number of benzene rings is 6. The van der Waals surface area contributed by atoms with Crippen molar-refractivity contribution >= 4 is 76.0 Å². The lowest BCUT2D eigenvalue weighted by Crippen LogP contribution is -2.64. The molecule has 18 atom stereocenters. The van der Waals surface area contributed by atoms with Crippen molar-refractivity contribution in [3.8, 4) is 62.9 Å². The largest absolute Gasteiger partial charge is 0.508 e. The van der Waals surface area contributed by atoms with E-state index in [1.54, 1.807) is 31.2 Å². The van der Waals surface area contributed by atoms with E-state index in [2.05, 4.69) is 31.9 Å². The van der Waals surface area contributed by atoms with Crippen LogP contribution in [0.4, 0.5) is 0 Å². The number of rotatable bonds is 22. The fourth-order valence-electron chi connectivity index (χ4n) is 19.6. The lowest BCUT2D eigenvalue weighted by molar-refractivity contribution is -0.333. The molecule has 6 aromatic rings. The zero-order chi connectivity index (χ0) is 90.2. The summed E-state index contributed by atoms with van der Waals surface area (Å²) in [6, 6.07) is 13.6. The highest BCUT2D eigenvalue weighted by Crippen LogP contribution is 2.59. The Bertz CT molecular complexity index is 5080. The molecule has 15 bridgehead atoms. The summed E-state index contributed by atoms with van der Waals surface area (Å²) in [6.07, 6.45) is -15.9. The maximum atomic E-state index is 16.8. The number of hydrogen-bond acceptors (Lipinski definition) is 27. The number of nitrogens with two attached hydrogens (primary N) is 1. The van der Waals surface area contributed by atoms with Crippen molar-refractivity contribution in [2.45, 2.75) is 222 Å². The fourth-order valence-corrected chi connectivity index (χ4v) is 20.0. The monoisotopic (exact) mass is 1780 g/mol. The highest BCUT2D eigenvalue weighted by atomic mass is 35.5. The Morgan fingerprint density at radius 2 is 1.33 bits per heavy atom. The molecule has 6 amide bonds. The number of aliphatic hydroxyl groups excluding tert-OH is 6. The van der Waals surface area contributed by atoms with E-state index in [9.17, 15) is 60.3 Å². The number of hydrogen-bond donors (Lipinski definition) is 16. The third kappa shape index (κ3) is 20.3. The van der Waals surface area contributed by atoms with E-state index in [0.29, 0.717) is 42.7 Å². The summed E-state index contributed by atoms with van der Waals surface area (Å²) < 4.78 is 45.1. The number of phenols is 3. The van der Waals surface area contributed by atoms with E-state index in [1.165, 1.54) is 62.4 Å². The second-order valence-corrected chi connectivity index (χ2v) is 36.3. The molecule has 7 aliphatic heterocycles. The molecule has 4 saturated carbocycles. The molecule has 34 heteroatoms. The van der Waals surface area contributed by atoms with E-state index in [4.69, 9.17) is 62.1 Å². The maximum absolute atomic E-state index is 16.8. The standard InChI is InChI=1S/C92H109Cl2N7O25/c1-7-46(21-41(3)4)87(116)100-78-64(106)31-53(34-73(110)97-72(109)27-43-9-14-55(15-10-43)120-20-19-96-8-2)88(117)98-76-52-32-69(122-67-17-12-48(80(78)111)29-60(67)93)84(126-91-85(83(114)82(113)71(40-102)124-91)125-74-39-92(6,95)86(115)42(5)121-74)70(33-52)123-68-18-13-49(30-61(68)94)81(112)79-90(119)99-77(66(108)37-56-50-23-44-22-45(25-50)26-51(56)24-44)59-35-54(103)36-63(105)75(59)58-28-47(11-16-62(58)104)57(38-65(76)107)89(118)101-79/h9-18,28-30,32-33,35-36,41-42,44-46,50-51,53,56-57,71,74,76-83,85-86,91,96,102-105,111-115H,7-8,19-27,31,34,37-40,95H2,1-6H3,(H,98,117)(H,99,119)(H,100,116)(H,101,118)(H,97,109,110)/t42-,44?,45?,46+,50?,51?,53-,56?,57+,71+,74-,76+,77-,78-,79-,80+,81+,82+,83-,85+,86+,91-,92-/m0/s1. The first-order valence-electron chi connectivity index (χ1n) is 43.0. The molecule has 0 aromatic heterocycles. The number of ketones is 3. The molecule has 676 valence electrons. The third-order valence-electron chi connectivity index (χ3n) is 25.9. The van der Waals surface area contributed by atoms with Gasteiger partial charge >= 0.3 is 0 Å². The Labute approximate surface area is 737 Å². The van der Waals surface area contributed by atoms with Gasteiger partial charge < -0.3 is 111 Å². The van der Waals surface area contributed by atoms with Crippen LogP contribution in [0.1, 0.15) is 182 Å². The van der Waals surface area contributed by atoms with E-state index in [1.807, 2.05) is 20.8 Å². The van der Waals surface area contributed by atoms with Crippen LogP contribution in [0.5, 0.6) is 51.7 Å². The minimum atomic E-state index is -2.25. The number of aromatic hydroxyl groups is 3. The third-order valence-corrected chi connectivity index (χ3v) is 26.5. The number of imide groups is 1. The number of fused-ring (bicyclic) bond motifs is 15. The van der Waals surface area contributed by atoms with Crippen molar-refractivity contribution < 1.29 is 122 Å². The van der Waals surface area contributed by atoms with Crippen LogP contribution in [0.3, 0.4) is 0 Å². The van der Waals surface area contributed by atoms with Crippen molar-refractivity contribution in [3.63, 3.8) is 0 Å². The van der Waals surface area contributed by atoms with Gasteiger partial charge in [-0.1, -0.05) is 81.2 Å². The Hall–Kier alpha value is -9.91. The molecule has 11 aliphatic rings. The van der Waals surface area contributed by atoms with Gasteiger partial charge in [-0.15, -0.1) is 0 Å². The normalized spacial score (nSPS) is 30.3. The summed E-state index contributed by atoms with van der Waals surface area (Å²) in [6.45, 7) is 11.2. The molecule has 0 unspecified atom stereocenters. The summed E-state index contributed by atoms with van der Waals surface area (Å²) in [4.78, 5) is 140. The summed E-state index contributed by atoms with van der Waals surface area (Å²) in [5, 5.41) is 123. The molecule has 17 N–H and O–H groups in total. The molecule has 4 aliphatic carbocycles. The molecule has 6 fully saturated rings. The number of halogens is 2. The van der Waals surface area contributed by atoms with Crippen LogP contribution >= 0.6 is 23.2 Å². The average molecular weight is 1780 g/mol. The highest BCUT2D eigenvalue weighted by Gasteiger charge is 2.53. The molecule has 0 radical (unpaired) electrons. The fraction of sp³-hybridized carbons (Fsp3) is 0.511. The number of ether oxygens (including phenoxy) is 7. The van der Waals surface area contributed by atoms with Gasteiger partial charge in [0.1, 0.15) is 95.8 Å². The number of likely N-dealkylation sites (N-methyl/N-ethyl adjacent to an activating group) is 1. The maximum Gasteiger partial charge on any atom is 0.246 e. The van der Waals surface area contributed by atoms with Crippen molar-refractivity contribution in [2.75, 3.05) is 26.3 Å². The lowest BCUT2D eigenvalue weighted by atomic mass is 9.51. The van der Waals surface area contributed by atoms with E-state index in [0.717, 1.165) is 69.0 Å². The molecule has 7 heterocycles. The van der Waals surface area contributed by atoms with Gasteiger partial charge in [-0.05, 0) is 201 Å². The predicted molar refractivity (Wildman–Crippen MR) is 454 cm³/mol. The van der Waals surface area contributed by atoms with Gasteiger partial charge in [0, 0.05) is 67.3 Å². The summed E-state index contributed by atoms with van der Waals surface area (Å²) in [5.41, 5.74) is 3.99. The summed E-state index contributed by atoms with van der Waals surface area (Å²) >= 11 is 14.6. The highest BCUT2D eigenvalue weighted by molar-refractivity contribution is 6.32. The smallest absolute Gasteiger partial charge is 0.246 e. The van der Waals surface area contributed by atoms with Gasteiger partial charge in [-0.3, -0.25) is 48.5 Å². The predicted octanol–water partition coefficient (Wildman–Crippen LogP) is 7.86.